The molecule has 0 aliphatic carbocycles. The number of ether oxygens (including phenoxy) is 1. The highest BCUT2D eigenvalue weighted by Crippen LogP contribution is 2.40. The highest BCUT2D eigenvalue weighted by atomic mass is 32.2. The lowest BCUT2D eigenvalue weighted by Gasteiger charge is -2.39. The molecule has 0 bridgehead atoms. The summed E-state index contributed by atoms with van der Waals surface area (Å²) in [6.45, 7) is 8.48. The Morgan fingerprint density at radius 3 is 2.81 bits per heavy atom. The van der Waals surface area contributed by atoms with E-state index in [0.29, 0.717) is 19.4 Å². The summed E-state index contributed by atoms with van der Waals surface area (Å²) in [5, 5.41) is 3.17. The van der Waals surface area contributed by atoms with Crippen LogP contribution in [0.1, 0.15) is 57.2 Å². The number of benzene rings is 1. The second-order valence-corrected chi connectivity index (χ2v) is 10.5. The van der Waals surface area contributed by atoms with Crippen molar-refractivity contribution in [1.82, 2.24) is 9.62 Å². The van der Waals surface area contributed by atoms with Crippen molar-refractivity contribution >= 4 is 15.9 Å². The first-order valence-electron chi connectivity index (χ1n) is 9.69. The van der Waals surface area contributed by atoms with E-state index in [1.165, 1.54) is 4.31 Å². The molecule has 1 amide bonds. The standard InChI is InChI=1S/C20H30N2O4S/c1-5-27(24,25)22-10-6-7-15(13-22)19(23)21-17-12-20(3,4)26-18-11-14(2)8-9-16(17)18/h8-9,11,15,17H,5-7,10,12-13H2,1-4H3,(H,21,23)/t15-,17+/m1/s1. The molecular weight excluding hydrogens is 364 g/mol. The molecule has 3 rings (SSSR count). The van der Waals surface area contributed by atoms with E-state index in [1.807, 2.05) is 39.0 Å². The van der Waals surface area contributed by atoms with Crippen molar-refractivity contribution < 1.29 is 17.9 Å². The molecule has 0 radical (unpaired) electrons. The number of nitrogens with one attached hydrogen (secondary N) is 1. The Morgan fingerprint density at radius 1 is 1.37 bits per heavy atom. The van der Waals surface area contributed by atoms with Crippen LogP contribution in [0.5, 0.6) is 5.75 Å². The van der Waals surface area contributed by atoms with Crippen LogP contribution in [-0.4, -0.2) is 43.1 Å². The molecule has 7 heteroatoms. The predicted molar refractivity (Wildman–Crippen MR) is 105 cm³/mol. The number of carbonyl (C=O) groups is 1. The van der Waals surface area contributed by atoms with Crippen LogP contribution < -0.4 is 10.1 Å². The number of fused-ring (bicyclic) bond motifs is 1. The maximum absolute atomic E-state index is 12.9. The summed E-state index contributed by atoms with van der Waals surface area (Å²) >= 11 is 0. The minimum atomic E-state index is -3.26. The minimum Gasteiger partial charge on any atom is -0.487 e. The van der Waals surface area contributed by atoms with Gasteiger partial charge in [-0.1, -0.05) is 12.1 Å². The molecule has 150 valence electrons. The largest absolute Gasteiger partial charge is 0.487 e. The highest BCUT2D eigenvalue weighted by Gasteiger charge is 2.37. The molecule has 0 saturated carbocycles. The molecule has 6 nitrogen and oxygen atoms in total. The van der Waals surface area contributed by atoms with Crippen molar-refractivity contribution in [1.29, 1.82) is 0 Å². The van der Waals surface area contributed by atoms with Crippen LogP contribution in [0.3, 0.4) is 0 Å². The molecule has 1 N–H and O–H groups in total. The highest BCUT2D eigenvalue weighted by molar-refractivity contribution is 7.89. The van der Waals surface area contributed by atoms with Crippen LogP contribution in [0.25, 0.3) is 0 Å². The van der Waals surface area contributed by atoms with Gasteiger partial charge in [0.05, 0.1) is 17.7 Å². The number of rotatable bonds is 4. The van der Waals surface area contributed by atoms with Crippen molar-refractivity contribution in [2.45, 2.75) is 58.6 Å². The molecule has 0 aromatic heterocycles. The van der Waals surface area contributed by atoms with Gasteiger partial charge in [0.25, 0.3) is 0 Å². The molecule has 2 aliphatic rings. The smallest absolute Gasteiger partial charge is 0.224 e. The van der Waals surface area contributed by atoms with Crippen LogP contribution in [0, 0.1) is 12.8 Å². The monoisotopic (exact) mass is 394 g/mol. The fraction of sp³-hybridized carbons (Fsp3) is 0.650. The normalized spacial score (nSPS) is 25.3. The van der Waals surface area contributed by atoms with Gasteiger partial charge in [0, 0.05) is 25.1 Å². The molecule has 1 saturated heterocycles. The Bertz CT molecular complexity index is 819. The van der Waals surface area contributed by atoms with Gasteiger partial charge in [0.1, 0.15) is 11.4 Å². The molecule has 2 aliphatic heterocycles. The summed E-state index contributed by atoms with van der Waals surface area (Å²) in [5.41, 5.74) is 1.73. The maximum Gasteiger partial charge on any atom is 0.224 e. The maximum atomic E-state index is 12.9. The van der Waals surface area contributed by atoms with Crippen molar-refractivity contribution in [3.63, 3.8) is 0 Å². The van der Waals surface area contributed by atoms with E-state index >= 15 is 0 Å². The molecule has 0 unspecified atom stereocenters. The summed E-state index contributed by atoms with van der Waals surface area (Å²) in [6.07, 6.45) is 2.11. The van der Waals surface area contributed by atoms with E-state index in [9.17, 15) is 13.2 Å². The zero-order valence-corrected chi connectivity index (χ0v) is 17.4. The molecule has 1 fully saturated rings. The molecule has 2 atom stereocenters. The first-order valence-corrected chi connectivity index (χ1v) is 11.3. The molecule has 2 heterocycles. The van der Waals surface area contributed by atoms with Crippen LogP contribution in [-0.2, 0) is 14.8 Å². The second kappa shape index (κ2) is 7.43. The number of hydrogen-bond donors (Lipinski definition) is 1. The Balaban J connectivity index is 1.76. The lowest BCUT2D eigenvalue weighted by Crippen LogP contribution is -2.48. The van der Waals surface area contributed by atoms with Crippen molar-refractivity contribution in [2.24, 2.45) is 5.92 Å². The molecule has 27 heavy (non-hydrogen) atoms. The lowest BCUT2D eigenvalue weighted by atomic mass is 9.88. The number of aryl methyl sites for hydroxylation is 1. The second-order valence-electron chi connectivity index (χ2n) is 8.27. The van der Waals surface area contributed by atoms with E-state index in [4.69, 9.17) is 4.74 Å². The van der Waals surface area contributed by atoms with Gasteiger partial charge in [-0.05, 0) is 52.2 Å². The Labute approximate surface area is 162 Å². The van der Waals surface area contributed by atoms with Gasteiger partial charge >= 0.3 is 0 Å². The van der Waals surface area contributed by atoms with E-state index in [0.717, 1.165) is 23.3 Å². The van der Waals surface area contributed by atoms with Crippen LogP contribution in [0.15, 0.2) is 18.2 Å². The number of hydrogen-bond acceptors (Lipinski definition) is 4. The summed E-state index contributed by atoms with van der Waals surface area (Å²) < 4.78 is 31.9. The number of sulfonamides is 1. The number of carbonyl (C=O) groups excluding carboxylic acids is 1. The van der Waals surface area contributed by atoms with E-state index in [1.54, 1.807) is 6.92 Å². The average Bonchev–Trinajstić information content (AvgIpc) is 2.60. The first-order chi connectivity index (χ1) is 12.6. The quantitative estimate of drug-likeness (QED) is 0.852. The topological polar surface area (TPSA) is 75.7 Å². The number of piperidine rings is 1. The van der Waals surface area contributed by atoms with Gasteiger partial charge in [0.2, 0.25) is 15.9 Å². The van der Waals surface area contributed by atoms with Gasteiger partial charge in [-0.15, -0.1) is 0 Å². The minimum absolute atomic E-state index is 0.0692. The van der Waals surface area contributed by atoms with E-state index in [2.05, 4.69) is 5.32 Å². The third kappa shape index (κ3) is 4.46. The number of nitrogens with zero attached hydrogens (tertiary/aromatic N) is 1. The summed E-state index contributed by atoms with van der Waals surface area (Å²) in [5.74, 6) is 0.512. The van der Waals surface area contributed by atoms with Crippen LogP contribution in [0.2, 0.25) is 0 Å². The SMILES string of the molecule is CCS(=O)(=O)N1CCC[C@@H](C(=O)N[C@H]2CC(C)(C)Oc3cc(C)ccc32)C1. The number of amides is 1. The van der Waals surface area contributed by atoms with Crippen molar-refractivity contribution in [2.75, 3.05) is 18.8 Å². The molecule has 0 spiro atoms. The summed E-state index contributed by atoms with van der Waals surface area (Å²) in [6, 6.07) is 5.91. The third-order valence-corrected chi connectivity index (χ3v) is 7.30. The predicted octanol–water partition coefficient (Wildman–Crippen LogP) is 2.78. The third-order valence-electron chi connectivity index (χ3n) is 5.46. The molecular formula is C20H30N2O4S. The van der Waals surface area contributed by atoms with Gasteiger partial charge in [-0.25, -0.2) is 12.7 Å². The van der Waals surface area contributed by atoms with Crippen LogP contribution >= 0.6 is 0 Å². The average molecular weight is 395 g/mol. The molecule has 1 aromatic carbocycles. The van der Waals surface area contributed by atoms with Crippen LogP contribution in [0.4, 0.5) is 0 Å². The zero-order chi connectivity index (χ0) is 19.8. The van der Waals surface area contributed by atoms with E-state index in [-0.39, 0.29) is 35.8 Å². The van der Waals surface area contributed by atoms with Gasteiger partial charge < -0.3 is 10.1 Å². The van der Waals surface area contributed by atoms with E-state index < -0.39 is 10.0 Å². The van der Waals surface area contributed by atoms with Gasteiger partial charge in [0.15, 0.2) is 0 Å². The fourth-order valence-corrected chi connectivity index (χ4v) is 5.15. The van der Waals surface area contributed by atoms with Gasteiger partial charge in [-0.2, -0.15) is 0 Å². The lowest BCUT2D eigenvalue weighted by molar-refractivity contribution is -0.127. The van der Waals surface area contributed by atoms with Gasteiger partial charge in [-0.3, -0.25) is 4.79 Å². The Kier molecular flexibility index (Phi) is 5.54. The zero-order valence-electron chi connectivity index (χ0n) is 16.6. The van der Waals surface area contributed by atoms with Crippen molar-refractivity contribution in [3.8, 4) is 5.75 Å². The molecule has 1 aromatic rings. The Hall–Kier alpha value is -1.60. The first kappa shape index (κ1) is 20.1. The Morgan fingerprint density at radius 2 is 2.11 bits per heavy atom. The summed E-state index contributed by atoms with van der Waals surface area (Å²) in [7, 11) is -3.26. The fourth-order valence-electron chi connectivity index (χ4n) is 3.97. The summed E-state index contributed by atoms with van der Waals surface area (Å²) in [4.78, 5) is 12.9. The van der Waals surface area contributed by atoms with Crippen molar-refractivity contribution in [3.05, 3.63) is 29.3 Å².